The lowest BCUT2D eigenvalue weighted by atomic mass is 10.4. The van der Waals surface area contributed by atoms with E-state index >= 15 is 0 Å². The first-order valence-corrected chi connectivity index (χ1v) is 7.06. The van der Waals surface area contributed by atoms with E-state index in [1.165, 1.54) is 12.8 Å². The van der Waals surface area contributed by atoms with Crippen LogP contribution in [0.3, 0.4) is 0 Å². The molecule has 0 saturated heterocycles. The second-order valence-electron chi connectivity index (χ2n) is 4.44. The molecule has 19 heavy (non-hydrogen) atoms. The third-order valence-corrected chi connectivity index (χ3v) is 3.83. The van der Waals surface area contributed by atoms with Crippen molar-refractivity contribution in [1.29, 1.82) is 0 Å². The number of hydrogen-bond acceptors (Lipinski definition) is 4. The zero-order valence-electron chi connectivity index (χ0n) is 11.0. The molecule has 1 fully saturated rings. The lowest BCUT2D eigenvalue weighted by molar-refractivity contribution is -0.120. The van der Waals surface area contributed by atoms with Gasteiger partial charge >= 0.3 is 0 Å². The topological polar surface area (TPSA) is 54.0 Å². The summed E-state index contributed by atoms with van der Waals surface area (Å²) < 4.78 is 0. The number of halogens is 2. The standard InChI is InChI=1S/C12H19N3OS.2ClH/c1-2-12-15-10(8-17-12)6-14-11(16)7-13-5-9-3-4-9;;/h8-9,13H,2-7H2,1H3,(H,14,16);2*1H. The minimum Gasteiger partial charge on any atom is -0.349 e. The molecule has 0 radical (unpaired) electrons. The lowest BCUT2D eigenvalue weighted by Gasteiger charge is -2.04. The highest BCUT2D eigenvalue weighted by Crippen LogP contribution is 2.27. The third kappa shape index (κ3) is 7.11. The van der Waals surface area contributed by atoms with Gasteiger partial charge in [0.2, 0.25) is 5.91 Å². The Morgan fingerprint density at radius 1 is 1.47 bits per heavy atom. The van der Waals surface area contributed by atoms with Crippen LogP contribution in [0.25, 0.3) is 0 Å². The molecule has 1 aromatic heterocycles. The predicted octanol–water partition coefficient (Wildman–Crippen LogP) is 2.16. The highest BCUT2D eigenvalue weighted by molar-refractivity contribution is 7.09. The molecule has 110 valence electrons. The summed E-state index contributed by atoms with van der Waals surface area (Å²) in [6, 6.07) is 0. The molecule has 1 heterocycles. The van der Waals surface area contributed by atoms with E-state index in [1.807, 2.05) is 5.38 Å². The van der Waals surface area contributed by atoms with Gasteiger partial charge in [-0.1, -0.05) is 6.92 Å². The van der Waals surface area contributed by atoms with Crippen LogP contribution in [0.4, 0.5) is 0 Å². The molecular weight excluding hydrogens is 305 g/mol. The number of amides is 1. The van der Waals surface area contributed by atoms with E-state index in [9.17, 15) is 4.79 Å². The van der Waals surface area contributed by atoms with E-state index in [1.54, 1.807) is 11.3 Å². The Hall–Kier alpha value is -0.360. The molecule has 7 heteroatoms. The summed E-state index contributed by atoms with van der Waals surface area (Å²) in [5.41, 5.74) is 0.961. The molecule has 1 aromatic rings. The normalized spacial score (nSPS) is 13.3. The number of nitrogens with zero attached hydrogens (tertiary/aromatic N) is 1. The number of aromatic nitrogens is 1. The minimum atomic E-state index is 0. The molecule has 2 N–H and O–H groups in total. The molecule has 0 atom stereocenters. The van der Waals surface area contributed by atoms with E-state index in [2.05, 4.69) is 22.5 Å². The van der Waals surface area contributed by atoms with Crippen LogP contribution in [0.2, 0.25) is 0 Å². The summed E-state index contributed by atoms with van der Waals surface area (Å²) in [7, 11) is 0. The summed E-state index contributed by atoms with van der Waals surface area (Å²) in [5, 5.41) is 9.18. The van der Waals surface area contributed by atoms with Crippen molar-refractivity contribution in [2.75, 3.05) is 13.1 Å². The van der Waals surface area contributed by atoms with E-state index in [0.717, 1.165) is 29.6 Å². The zero-order chi connectivity index (χ0) is 12.1. The van der Waals surface area contributed by atoms with Gasteiger partial charge in [-0.05, 0) is 31.7 Å². The number of hydrogen-bond donors (Lipinski definition) is 2. The van der Waals surface area contributed by atoms with Gasteiger partial charge in [0, 0.05) is 5.38 Å². The average molecular weight is 326 g/mol. The van der Waals surface area contributed by atoms with Crippen molar-refractivity contribution < 1.29 is 4.79 Å². The molecule has 0 bridgehead atoms. The van der Waals surface area contributed by atoms with Gasteiger partial charge in [-0.3, -0.25) is 4.79 Å². The number of carbonyl (C=O) groups excluding carboxylic acids is 1. The van der Waals surface area contributed by atoms with Crippen molar-refractivity contribution >= 4 is 42.1 Å². The summed E-state index contributed by atoms with van der Waals surface area (Å²) in [6.45, 7) is 4.02. The number of nitrogens with one attached hydrogen (secondary N) is 2. The summed E-state index contributed by atoms with van der Waals surface area (Å²) >= 11 is 1.65. The van der Waals surface area contributed by atoms with Gasteiger partial charge in [0.25, 0.3) is 0 Å². The molecule has 0 spiro atoms. The highest BCUT2D eigenvalue weighted by atomic mass is 35.5. The van der Waals surface area contributed by atoms with Gasteiger partial charge in [-0.25, -0.2) is 4.98 Å². The van der Waals surface area contributed by atoms with Gasteiger partial charge in [0.15, 0.2) is 0 Å². The van der Waals surface area contributed by atoms with Crippen molar-refractivity contribution in [3.05, 3.63) is 16.1 Å². The van der Waals surface area contributed by atoms with Crippen molar-refractivity contribution in [3.63, 3.8) is 0 Å². The van der Waals surface area contributed by atoms with Crippen LogP contribution in [-0.4, -0.2) is 24.0 Å². The maximum Gasteiger partial charge on any atom is 0.234 e. The van der Waals surface area contributed by atoms with E-state index in [4.69, 9.17) is 0 Å². The fraction of sp³-hybridized carbons (Fsp3) is 0.667. The molecule has 0 aromatic carbocycles. The van der Waals surface area contributed by atoms with Crippen LogP contribution < -0.4 is 10.6 Å². The fourth-order valence-electron chi connectivity index (χ4n) is 1.56. The molecule has 1 aliphatic rings. The summed E-state index contributed by atoms with van der Waals surface area (Å²) in [6.07, 6.45) is 3.59. The van der Waals surface area contributed by atoms with Crippen LogP contribution in [0.15, 0.2) is 5.38 Å². The van der Waals surface area contributed by atoms with Crippen LogP contribution in [0.1, 0.15) is 30.5 Å². The van der Waals surface area contributed by atoms with Crippen molar-refractivity contribution in [2.24, 2.45) is 5.92 Å². The van der Waals surface area contributed by atoms with Crippen LogP contribution >= 0.6 is 36.2 Å². The Balaban J connectivity index is 0.00000162. The quantitative estimate of drug-likeness (QED) is 0.807. The average Bonchev–Trinajstić information content (AvgIpc) is 3.04. The molecule has 0 aliphatic heterocycles. The second kappa shape index (κ2) is 9.53. The minimum absolute atomic E-state index is 0. The first-order valence-electron chi connectivity index (χ1n) is 6.18. The van der Waals surface area contributed by atoms with Gasteiger partial charge in [0.05, 0.1) is 23.8 Å². The van der Waals surface area contributed by atoms with Gasteiger partial charge in [0.1, 0.15) is 0 Å². The number of carbonyl (C=O) groups is 1. The summed E-state index contributed by atoms with van der Waals surface area (Å²) in [4.78, 5) is 15.9. The maximum atomic E-state index is 11.5. The SMILES string of the molecule is CCc1nc(CNC(=O)CNCC2CC2)cs1.Cl.Cl. The van der Waals surface area contributed by atoms with E-state index in [0.29, 0.717) is 13.1 Å². The molecule has 1 saturated carbocycles. The first-order chi connectivity index (χ1) is 8.28. The molecule has 1 aliphatic carbocycles. The van der Waals surface area contributed by atoms with Crippen molar-refractivity contribution in [2.45, 2.75) is 32.7 Å². The Labute approximate surface area is 130 Å². The zero-order valence-corrected chi connectivity index (χ0v) is 13.4. The van der Waals surface area contributed by atoms with Crippen LogP contribution in [0.5, 0.6) is 0 Å². The first kappa shape index (κ1) is 18.6. The van der Waals surface area contributed by atoms with Gasteiger partial charge < -0.3 is 10.6 Å². The number of thiazole rings is 1. The van der Waals surface area contributed by atoms with Crippen LogP contribution in [-0.2, 0) is 17.8 Å². The molecule has 1 amide bonds. The van der Waals surface area contributed by atoms with Crippen LogP contribution in [0, 0.1) is 5.92 Å². The summed E-state index contributed by atoms with van der Waals surface area (Å²) in [5.74, 6) is 0.866. The van der Waals surface area contributed by atoms with Gasteiger partial charge in [-0.2, -0.15) is 0 Å². The largest absolute Gasteiger partial charge is 0.349 e. The fourth-order valence-corrected chi connectivity index (χ4v) is 2.30. The maximum absolute atomic E-state index is 11.5. The van der Waals surface area contributed by atoms with Crippen molar-refractivity contribution in [1.82, 2.24) is 15.6 Å². The third-order valence-electron chi connectivity index (χ3n) is 2.78. The molecular formula is C12H21Cl2N3OS. The van der Waals surface area contributed by atoms with E-state index in [-0.39, 0.29) is 30.7 Å². The van der Waals surface area contributed by atoms with Gasteiger partial charge in [-0.15, -0.1) is 36.2 Å². The number of aryl methyl sites for hydroxylation is 1. The number of rotatable bonds is 7. The lowest BCUT2D eigenvalue weighted by Crippen LogP contribution is -2.34. The molecule has 0 unspecified atom stereocenters. The monoisotopic (exact) mass is 325 g/mol. The van der Waals surface area contributed by atoms with Crippen molar-refractivity contribution in [3.8, 4) is 0 Å². The second-order valence-corrected chi connectivity index (χ2v) is 5.38. The van der Waals surface area contributed by atoms with E-state index < -0.39 is 0 Å². The molecule has 4 nitrogen and oxygen atoms in total. The Bertz CT molecular complexity index is 383. The molecule has 2 rings (SSSR count). The highest BCUT2D eigenvalue weighted by Gasteiger charge is 2.20. The Kier molecular flexibility index (Phi) is 9.35. The predicted molar refractivity (Wildman–Crippen MR) is 83.4 cm³/mol. The Morgan fingerprint density at radius 3 is 2.79 bits per heavy atom. The smallest absolute Gasteiger partial charge is 0.234 e. The Morgan fingerprint density at radius 2 is 2.21 bits per heavy atom.